The number of rotatable bonds is 30. The van der Waals surface area contributed by atoms with Crippen LogP contribution in [0.15, 0.2) is 92.6 Å². The number of carbonyl (C=O) groups is 9. The maximum Gasteiger partial charge on any atom is 0.329 e. The molecule has 3 aromatic heterocycles. The minimum absolute atomic E-state index is 0.0592. The van der Waals surface area contributed by atoms with Gasteiger partial charge in [-0.2, -0.15) is 0 Å². The number of methoxy groups -OCH3 is 3. The Kier molecular flexibility index (Phi) is 36.4. The van der Waals surface area contributed by atoms with Crippen molar-refractivity contribution in [2.75, 3.05) is 41.0 Å². The standard InChI is InChI=1S/C38H53N3O7.C36H50ClN3O7.C36H49N3O7/c1-11-14-15-16-23-19-30(23)46-32(42)21-26(37(4,5)6)35(43)41-22-31(25(12-2)33(41)36(44)48-38(7,8)9)47-34-27(13-3)39-28-18-17-24(45-10)20-29(28)40-34;1-10-12-13-14-21-17-27(21)45-29(41)19-24(35(3,4)5)33(42)40-20-28(23(11-2)30(40)34(43)47-36(6,7)8)46-32-31(37)38-25-16-15-22(44-9)18-26(25)39-32;1-9-23-29-20-39(31(23)34(42)46-36(5,6)7)33(41)24(35(2,3)4)19-30(40)44-28-17-21(28)13-11-10-12-14-26-32(45-29)38-27-18-22(43-8)15-16-25(27)37-26/h11,13,17-18,20,23,25-26,30-31,33H,1,3,12,14-16,19,21-22H2,2,4-10H3;10,15-16,18,21,23-24,27-28,30H,1,11-14,17,19-20H2,2-9H3;12,14-16,18,21,23-24,28-29,31H,9-11,13,17,19-20H2,1-8H3/b;;14-12+/t23-,25-,26-,30-,31+,33+;21-,23-,24-,27-,28+,30+;21-,23-,24-,28-,29+,31+/m111/s1. The molecular formula is C110H152ClN9O21. The van der Waals surface area contributed by atoms with E-state index in [9.17, 15) is 43.2 Å². The molecular weight excluding hydrogens is 1820 g/mol. The molecule has 3 aromatic carbocycles. The first-order chi connectivity index (χ1) is 66.3. The highest BCUT2D eigenvalue weighted by Gasteiger charge is 2.58. The normalized spacial score (nSPS) is 24.8. The predicted molar refractivity (Wildman–Crippen MR) is 540 cm³/mol. The van der Waals surface area contributed by atoms with E-state index in [0.29, 0.717) is 105 Å². The smallest absolute Gasteiger partial charge is 0.329 e. The average Bonchev–Trinajstić information content (AvgIpc) is 1.62. The Balaban J connectivity index is 0.000000202. The van der Waals surface area contributed by atoms with Gasteiger partial charge in [0.25, 0.3) is 5.88 Å². The average molecular weight is 1970 g/mol. The molecule has 770 valence electrons. The van der Waals surface area contributed by atoms with Crippen molar-refractivity contribution in [1.82, 2.24) is 44.6 Å². The zero-order valence-corrected chi connectivity index (χ0v) is 88.2. The van der Waals surface area contributed by atoms with Crippen molar-refractivity contribution in [3.05, 3.63) is 109 Å². The second-order valence-corrected chi connectivity index (χ2v) is 45.1. The fourth-order valence-electron chi connectivity index (χ4n) is 19.3. The molecule has 0 radical (unpaired) electrons. The zero-order chi connectivity index (χ0) is 103. The summed E-state index contributed by atoms with van der Waals surface area (Å²) >= 11 is 6.53. The summed E-state index contributed by atoms with van der Waals surface area (Å²) in [5, 5.41) is 0.0642. The van der Waals surface area contributed by atoms with Gasteiger partial charge >= 0.3 is 35.8 Å². The molecule has 141 heavy (non-hydrogen) atoms. The maximum atomic E-state index is 14.6. The quantitative estimate of drug-likeness (QED) is 0.0175. The first kappa shape index (κ1) is 110. The first-order valence-corrected chi connectivity index (χ1v) is 50.6. The lowest BCUT2D eigenvalue weighted by atomic mass is 9.77. The molecule has 6 aromatic rings. The largest absolute Gasteiger partial charge is 0.497 e. The molecule has 30 nitrogen and oxygen atoms in total. The maximum absolute atomic E-state index is 14.6. The van der Waals surface area contributed by atoms with Crippen LogP contribution in [-0.4, -0.2) is 211 Å². The van der Waals surface area contributed by atoms with E-state index in [1.807, 2.05) is 146 Å². The van der Waals surface area contributed by atoms with E-state index in [0.717, 1.165) is 77.0 Å². The highest BCUT2D eigenvalue weighted by Crippen LogP contribution is 2.48. The van der Waals surface area contributed by atoms with Crippen molar-refractivity contribution in [2.24, 2.45) is 69.5 Å². The van der Waals surface area contributed by atoms with Crippen LogP contribution in [0.3, 0.4) is 0 Å². The van der Waals surface area contributed by atoms with Gasteiger partial charge in [-0.15, -0.1) is 13.2 Å². The topological polar surface area (TPSA) is 351 Å². The van der Waals surface area contributed by atoms with Gasteiger partial charge in [0.1, 0.15) is 100 Å². The number of fused-ring (bicyclic) bond motifs is 7. The van der Waals surface area contributed by atoms with E-state index >= 15 is 0 Å². The summed E-state index contributed by atoms with van der Waals surface area (Å²) in [5.41, 5.74) is 0.565. The van der Waals surface area contributed by atoms with Gasteiger partial charge in [0.15, 0.2) is 5.15 Å². The molecule has 3 saturated carbocycles. The van der Waals surface area contributed by atoms with E-state index in [4.69, 9.17) is 83.4 Å². The summed E-state index contributed by atoms with van der Waals surface area (Å²) < 4.78 is 70.8. The fraction of sp³-hybridized carbons (Fsp3) is 0.627. The highest BCUT2D eigenvalue weighted by atomic mass is 35.5. The molecule has 0 N–H and O–H groups in total. The molecule has 0 unspecified atom stereocenters. The molecule has 3 aliphatic carbocycles. The van der Waals surface area contributed by atoms with E-state index in [1.54, 1.807) is 109 Å². The Morgan fingerprint density at radius 2 is 0.950 bits per heavy atom. The number of carbonyl (C=O) groups excluding carboxylic acids is 9. The summed E-state index contributed by atoms with van der Waals surface area (Å²) in [6, 6.07) is 13.4. The molecule has 13 rings (SSSR count). The van der Waals surface area contributed by atoms with E-state index in [1.165, 1.54) is 4.90 Å². The molecule has 7 heterocycles. The van der Waals surface area contributed by atoms with Crippen LogP contribution in [-0.2, 0) is 71.6 Å². The van der Waals surface area contributed by atoms with Crippen LogP contribution < -0.4 is 28.4 Å². The molecule has 31 heteroatoms. The van der Waals surface area contributed by atoms with Gasteiger partial charge in [-0.1, -0.05) is 119 Å². The number of likely N-dealkylation sites (tertiary alicyclic amines) is 2. The predicted octanol–water partition coefficient (Wildman–Crippen LogP) is 20.1. The van der Waals surface area contributed by atoms with Gasteiger partial charge in [0.2, 0.25) is 29.5 Å². The molecule has 0 spiro atoms. The van der Waals surface area contributed by atoms with Crippen LogP contribution in [0.25, 0.3) is 45.3 Å². The Hall–Kier alpha value is -11.0. The monoisotopic (exact) mass is 1970 g/mol. The first-order valence-electron chi connectivity index (χ1n) is 50.3. The number of hydrogen-bond acceptors (Lipinski definition) is 27. The highest BCUT2D eigenvalue weighted by molar-refractivity contribution is 6.31. The van der Waals surface area contributed by atoms with Crippen LogP contribution in [0.5, 0.6) is 34.9 Å². The van der Waals surface area contributed by atoms with Gasteiger partial charge in [0.05, 0.1) is 111 Å². The van der Waals surface area contributed by atoms with Gasteiger partial charge in [-0.3, -0.25) is 28.8 Å². The number of nitrogens with zero attached hydrogens (tertiary/aromatic N) is 9. The molecule has 18 atom stereocenters. The van der Waals surface area contributed by atoms with Crippen molar-refractivity contribution in [3.63, 3.8) is 0 Å². The SMILES string of the molecule is C=CCCC[C@@H]1C[C@H]1OC(=O)C[C@H](C(=O)N1C[C@H](Oc2nc3cc(OC)ccc3nc2C=C)[C@@H](CC)[C@H]1C(=O)OC(C)(C)C)C(C)(C)C.C=CCCC[C@@H]1C[C@H]1OC(=O)C[C@H](C(=O)N1C[C@H](Oc2nc3cc(OC)ccc3nc2Cl)[C@@H](CC)[C@H]1C(=O)OC(C)(C)C)C(C)(C)C.CC[C@@H]1[C@@H]2CN(C(=O)[C@H](C(C)(C)C)CC(=O)O[C@@H]3C[C@H]3CCC/C=C/c3nc4ccc(OC)cc4nc3O2)[C@@H]1C(=O)OC(C)(C)C. The van der Waals surface area contributed by atoms with Crippen molar-refractivity contribution >= 4 is 110 Å². The summed E-state index contributed by atoms with van der Waals surface area (Å²) in [4.78, 5) is 158. The number of amides is 3. The second-order valence-electron chi connectivity index (χ2n) is 44.7. The lowest BCUT2D eigenvalue weighted by Gasteiger charge is -2.35. The summed E-state index contributed by atoms with van der Waals surface area (Å²) in [6.45, 7) is 51.2. The minimum atomic E-state index is -0.942. The summed E-state index contributed by atoms with van der Waals surface area (Å²) in [6.07, 6.45) is 19.6. The number of esters is 6. The number of benzene rings is 3. The van der Waals surface area contributed by atoms with Gasteiger partial charge in [-0.05, 0) is 241 Å². The van der Waals surface area contributed by atoms with Crippen LogP contribution in [0.2, 0.25) is 5.15 Å². The third kappa shape index (κ3) is 29.2. The molecule has 6 fully saturated rings. The third-order valence-corrected chi connectivity index (χ3v) is 27.5. The number of halogens is 1. The Labute approximate surface area is 837 Å². The molecule has 3 saturated heterocycles. The van der Waals surface area contributed by atoms with Crippen molar-refractivity contribution in [3.8, 4) is 34.9 Å². The lowest BCUT2D eigenvalue weighted by Crippen LogP contribution is -2.50. The van der Waals surface area contributed by atoms with Crippen LogP contribution >= 0.6 is 11.6 Å². The van der Waals surface area contributed by atoms with Gasteiger partial charge < -0.3 is 71.5 Å². The van der Waals surface area contributed by atoms with Crippen molar-refractivity contribution in [1.29, 1.82) is 0 Å². The number of allylic oxidation sites excluding steroid dienone is 3. The summed E-state index contributed by atoms with van der Waals surface area (Å²) in [5.74, 6) is -3.47. The number of aromatic nitrogens is 6. The van der Waals surface area contributed by atoms with Crippen LogP contribution in [0.1, 0.15) is 272 Å². The number of ether oxygens (including phenoxy) is 12. The number of hydrogen-bond donors (Lipinski definition) is 0. The third-order valence-electron chi connectivity index (χ3n) is 27.3. The molecule has 2 bridgehead atoms. The lowest BCUT2D eigenvalue weighted by molar-refractivity contribution is -0.167. The molecule has 4 aliphatic heterocycles. The number of unbranched alkanes of at least 4 members (excludes halogenated alkanes) is 2. The Morgan fingerprint density at radius 3 is 1.38 bits per heavy atom. The van der Waals surface area contributed by atoms with Gasteiger partial charge in [-0.25, -0.2) is 44.3 Å². The fourth-order valence-corrected chi connectivity index (χ4v) is 19.5. The minimum Gasteiger partial charge on any atom is -0.497 e. The van der Waals surface area contributed by atoms with Crippen LogP contribution in [0, 0.1) is 69.5 Å². The van der Waals surface area contributed by atoms with E-state index < -0.39 is 129 Å². The Bertz CT molecular complexity index is 5530. The Morgan fingerprint density at radius 1 is 0.511 bits per heavy atom. The second kappa shape index (κ2) is 46.6. The van der Waals surface area contributed by atoms with E-state index in [-0.39, 0.29) is 104 Å². The van der Waals surface area contributed by atoms with Crippen molar-refractivity contribution < 1.29 is 100.0 Å². The molecule has 7 aliphatic rings. The van der Waals surface area contributed by atoms with E-state index in [2.05, 4.69) is 40.8 Å². The van der Waals surface area contributed by atoms with Crippen LogP contribution in [0.4, 0.5) is 0 Å². The van der Waals surface area contributed by atoms with Crippen molar-refractivity contribution in [2.45, 2.75) is 333 Å². The summed E-state index contributed by atoms with van der Waals surface area (Å²) in [7, 11) is 4.74. The zero-order valence-electron chi connectivity index (χ0n) is 87.4. The molecule has 3 amide bonds. The van der Waals surface area contributed by atoms with Gasteiger partial charge in [0, 0.05) is 36.0 Å².